The summed E-state index contributed by atoms with van der Waals surface area (Å²) in [6.45, 7) is 4.84. The second-order valence-corrected chi connectivity index (χ2v) is 7.77. The van der Waals surface area contributed by atoms with Gasteiger partial charge in [-0.3, -0.25) is 0 Å². The van der Waals surface area contributed by atoms with Gasteiger partial charge in [-0.25, -0.2) is 8.42 Å². The number of rotatable bonds is 6. The van der Waals surface area contributed by atoms with E-state index >= 15 is 0 Å². The molecule has 1 aromatic carbocycles. The average Bonchev–Trinajstić information content (AvgIpc) is 2.93. The fourth-order valence-corrected chi connectivity index (χ4v) is 4.22. The Hall–Kier alpha value is -1.13. The summed E-state index contributed by atoms with van der Waals surface area (Å²) in [6.07, 6.45) is 6.47. The van der Waals surface area contributed by atoms with Crippen molar-refractivity contribution in [1.29, 1.82) is 0 Å². The van der Waals surface area contributed by atoms with Gasteiger partial charge < -0.3 is 4.74 Å². The Balaban J connectivity index is 2.16. The van der Waals surface area contributed by atoms with E-state index in [0.717, 1.165) is 24.0 Å². The quantitative estimate of drug-likeness (QED) is 0.595. The molecule has 1 aromatic rings. The fraction of sp³-hybridized carbons (Fsp3) is 0.529. The van der Waals surface area contributed by atoms with Gasteiger partial charge >= 0.3 is 0 Å². The van der Waals surface area contributed by atoms with Crippen molar-refractivity contribution in [1.82, 2.24) is 0 Å². The highest BCUT2D eigenvalue weighted by Gasteiger charge is 2.34. The molecule has 1 aliphatic rings. The number of unbranched alkanes of at least 4 members (excludes halogenated alkanes) is 3. The smallest absolute Gasteiger partial charge is 0.187 e. The molecule has 1 atom stereocenters. The van der Waals surface area contributed by atoms with Crippen molar-refractivity contribution < 1.29 is 13.2 Å². The van der Waals surface area contributed by atoms with Crippen LogP contribution < -0.4 is 0 Å². The molecule has 0 amide bonds. The van der Waals surface area contributed by atoms with Gasteiger partial charge in [0, 0.05) is 0 Å². The zero-order valence-corrected chi connectivity index (χ0v) is 13.7. The summed E-state index contributed by atoms with van der Waals surface area (Å²) in [5, 5.41) is -0.512. The number of benzene rings is 1. The minimum atomic E-state index is -3.34. The topological polar surface area (TPSA) is 43.4 Å². The van der Waals surface area contributed by atoms with E-state index in [1.807, 2.05) is 19.1 Å². The van der Waals surface area contributed by atoms with E-state index in [2.05, 4.69) is 13.0 Å². The third-order valence-electron chi connectivity index (χ3n) is 3.89. The van der Waals surface area contributed by atoms with Gasteiger partial charge in [-0.15, -0.1) is 0 Å². The predicted molar refractivity (Wildman–Crippen MR) is 85.2 cm³/mol. The summed E-state index contributed by atoms with van der Waals surface area (Å²) in [7, 11) is -3.34. The first kappa shape index (κ1) is 16.2. The first-order valence-corrected chi connectivity index (χ1v) is 9.17. The van der Waals surface area contributed by atoms with E-state index in [9.17, 15) is 8.42 Å². The van der Waals surface area contributed by atoms with Crippen LogP contribution in [0.3, 0.4) is 0 Å². The molecule has 1 heterocycles. The summed E-state index contributed by atoms with van der Waals surface area (Å²) < 4.78 is 30.9. The Morgan fingerprint density at radius 2 is 1.95 bits per heavy atom. The van der Waals surface area contributed by atoms with Crippen molar-refractivity contribution in [2.24, 2.45) is 0 Å². The van der Waals surface area contributed by atoms with Gasteiger partial charge in [0.15, 0.2) is 9.84 Å². The third-order valence-corrected chi connectivity index (χ3v) is 6.01. The number of hydrogen-bond acceptors (Lipinski definition) is 3. The van der Waals surface area contributed by atoms with Crippen LogP contribution in [0.25, 0.3) is 0 Å². The van der Waals surface area contributed by atoms with Crippen molar-refractivity contribution >= 4 is 9.84 Å². The molecule has 3 nitrogen and oxygen atoms in total. The molecular formula is C17H24O3S. The molecule has 21 heavy (non-hydrogen) atoms. The molecule has 0 aromatic heterocycles. The second kappa shape index (κ2) is 7.23. The van der Waals surface area contributed by atoms with Crippen molar-refractivity contribution in [2.45, 2.75) is 49.7 Å². The van der Waals surface area contributed by atoms with Crippen LogP contribution in [0.4, 0.5) is 0 Å². The number of allylic oxidation sites excluding steroid dienone is 1. The first-order valence-electron chi connectivity index (χ1n) is 7.63. The minimum Gasteiger partial charge on any atom is -0.375 e. The largest absolute Gasteiger partial charge is 0.375 e. The summed E-state index contributed by atoms with van der Waals surface area (Å²) in [6, 6.07) is 7.07. The lowest BCUT2D eigenvalue weighted by molar-refractivity contribution is 0.205. The highest BCUT2D eigenvalue weighted by Crippen LogP contribution is 2.27. The summed E-state index contributed by atoms with van der Waals surface area (Å²) in [5.74, 6) is 0. The Kier molecular flexibility index (Phi) is 5.59. The zero-order chi connectivity index (χ0) is 15.3. The molecule has 0 N–H and O–H groups in total. The molecule has 2 rings (SSSR count). The molecule has 0 saturated carbocycles. The molecule has 1 unspecified atom stereocenters. The van der Waals surface area contributed by atoms with E-state index in [1.165, 1.54) is 12.8 Å². The number of sulfone groups is 1. The molecular weight excluding hydrogens is 284 g/mol. The molecule has 0 spiro atoms. The van der Waals surface area contributed by atoms with Crippen LogP contribution in [0.1, 0.15) is 38.2 Å². The monoisotopic (exact) mass is 308 g/mol. The Bertz CT molecular complexity index is 585. The Morgan fingerprint density at radius 3 is 2.62 bits per heavy atom. The van der Waals surface area contributed by atoms with Crippen molar-refractivity contribution in [2.75, 3.05) is 13.2 Å². The predicted octanol–water partition coefficient (Wildman–Crippen LogP) is 3.67. The molecule has 116 valence electrons. The molecule has 1 aliphatic heterocycles. The first-order chi connectivity index (χ1) is 10.1. The van der Waals surface area contributed by atoms with Gasteiger partial charge in [0.05, 0.1) is 18.1 Å². The van der Waals surface area contributed by atoms with Gasteiger partial charge in [-0.1, -0.05) is 43.5 Å². The zero-order valence-electron chi connectivity index (χ0n) is 12.8. The molecule has 0 aliphatic carbocycles. The standard InChI is InChI=1S/C17H24O3S/c1-3-4-5-6-7-15-12-20-13-17(15)21(18,19)16-10-8-14(2)9-11-16/h7-11,17H,3-6,12-13H2,1-2H3/b15-7+. The number of hydrogen-bond donors (Lipinski definition) is 0. The average molecular weight is 308 g/mol. The van der Waals surface area contributed by atoms with Gasteiger partial charge in [0.1, 0.15) is 5.25 Å². The van der Waals surface area contributed by atoms with E-state index in [4.69, 9.17) is 4.74 Å². The lowest BCUT2D eigenvalue weighted by Crippen LogP contribution is -2.23. The fourth-order valence-electron chi connectivity index (χ4n) is 2.54. The second-order valence-electron chi connectivity index (χ2n) is 5.64. The summed E-state index contributed by atoms with van der Waals surface area (Å²) >= 11 is 0. The molecule has 1 fully saturated rings. The van der Waals surface area contributed by atoms with Crippen molar-refractivity contribution in [3.8, 4) is 0 Å². The van der Waals surface area contributed by atoms with E-state index in [-0.39, 0.29) is 6.61 Å². The minimum absolute atomic E-state index is 0.274. The van der Waals surface area contributed by atoms with E-state index in [1.54, 1.807) is 12.1 Å². The van der Waals surface area contributed by atoms with Gasteiger partial charge in [-0.2, -0.15) is 0 Å². The van der Waals surface area contributed by atoms with Gasteiger partial charge in [0.25, 0.3) is 0 Å². The summed E-state index contributed by atoms with van der Waals surface area (Å²) in [4.78, 5) is 0.392. The third kappa shape index (κ3) is 3.95. The lowest BCUT2D eigenvalue weighted by Gasteiger charge is -2.12. The maximum atomic E-state index is 12.7. The highest BCUT2D eigenvalue weighted by atomic mass is 32.2. The Morgan fingerprint density at radius 1 is 1.24 bits per heavy atom. The van der Waals surface area contributed by atoms with E-state index < -0.39 is 15.1 Å². The lowest BCUT2D eigenvalue weighted by atomic mass is 10.1. The molecule has 0 bridgehead atoms. The van der Waals surface area contributed by atoms with E-state index in [0.29, 0.717) is 11.5 Å². The maximum absolute atomic E-state index is 12.7. The number of aryl methyl sites for hydroxylation is 1. The van der Waals surface area contributed by atoms with Crippen LogP contribution in [-0.4, -0.2) is 26.9 Å². The molecule has 0 radical (unpaired) electrons. The van der Waals surface area contributed by atoms with Crippen LogP contribution in [0.15, 0.2) is 40.8 Å². The van der Waals surface area contributed by atoms with Crippen LogP contribution in [0.2, 0.25) is 0 Å². The van der Waals surface area contributed by atoms with Crippen LogP contribution in [0.5, 0.6) is 0 Å². The van der Waals surface area contributed by atoms with Gasteiger partial charge in [-0.05, 0) is 37.5 Å². The van der Waals surface area contributed by atoms with Crippen LogP contribution in [0, 0.1) is 6.92 Å². The van der Waals surface area contributed by atoms with Gasteiger partial charge in [0.2, 0.25) is 0 Å². The molecule has 1 saturated heterocycles. The normalized spacial score (nSPS) is 21.0. The highest BCUT2D eigenvalue weighted by molar-refractivity contribution is 7.92. The maximum Gasteiger partial charge on any atom is 0.187 e. The van der Waals surface area contributed by atoms with Crippen molar-refractivity contribution in [3.05, 3.63) is 41.5 Å². The van der Waals surface area contributed by atoms with Crippen LogP contribution in [-0.2, 0) is 14.6 Å². The number of ether oxygens (including phenoxy) is 1. The molecule has 4 heteroatoms. The van der Waals surface area contributed by atoms with Crippen molar-refractivity contribution in [3.63, 3.8) is 0 Å². The Labute approximate surface area is 127 Å². The summed E-state index contributed by atoms with van der Waals surface area (Å²) in [5.41, 5.74) is 1.98. The SMILES string of the molecule is CCCCC/C=C1\COCC1S(=O)(=O)c1ccc(C)cc1. The van der Waals surface area contributed by atoms with Crippen LogP contribution >= 0.6 is 0 Å².